The van der Waals surface area contributed by atoms with Crippen LogP contribution in [0, 0.1) is 5.82 Å². The van der Waals surface area contributed by atoms with Crippen LogP contribution in [0.4, 0.5) is 10.1 Å². The highest BCUT2D eigenvalue weighted by Crippen LogP contribution is 2.17. The summed E-state index contributed by atoms with van der Waals surface area (Å²) >= 11 is 3.34. The summed E-state index contributed by atoms with van der Waals surface area (Å²) in [4.78, 5) is 13.5. The van der Waals surface area contributed by atoms with Crippen molar-refractivity contribution in [2.45, 2.75) is 13.0 Å². The topological polar surface area (TPSA) is 72.7 Å². The number of benzene rings is 2. The average molecular weight is 390 g/mol. The molecule has 3 rings (SSSR count). The molecule has 0 radical (unpaired) electrons. The van der Waals surface area contributed by atoms with Gasteiger partial charge in [0.25, 0.3) is 5.91 Å². The second kappa shape index (κ2) is 6.88. The maximum Gasteiger partial charge on any atom is 0.250 e. The van der Waals surface area contributed by atoms with Crippen molar-refractivity contribution < 1.29 is 9.18 Å². The molecule has 8 heteroatoms. The van der Waals surface area contributed by atoms with Gasteiger partial charge in [-0.2, -0.15) is 4.80 Å². The molecule has 0 saturated carbocycles. The molecule has 1 amide bonds. The van der Waals surface area contributed by atoms with Gasteiger partial charge in [0.05, 0.1) is 0 Å². The van der Waals surface area contributed by atoms with E-state index >= 15 is 0 Å². The van der Waals surface area contributed by atoms with Crippen LogP contribution >= 0.6 is 15.9 Å². The number of aromatic nitrogens is 4. The number of nitrogens with one attached hydrogen (secondary N) is 1. The first-order valence-corrected chi connectivity index (χ1v) is 7.94. The van der Waals surface area contributed by atoms with Crippen LogP contribution < -0.4 is 5.32 Å². The summed E-state index contributed by atoms with van der Waals surface area (Å²) in [6, 6.07) is 12.4. The minimum Gasteiger partial charge on any atom is -0.324 e. The predicted molar refractivity (Wildman–Crippen MR) is 90.7 cm³/mol. The van der Waals surface area contributed by atoms with Crippen LogP contribution in [0.15, 0.2) is 53.0 Å². The Hall–Kier alpha value is -2.61. The fraction of sp³-hybridized carbons (Fsp3) is 0.125. The van der Waals surface area contributed by atoms with Gasteiger partial charge >= 0.3 is 0 Å². The molecule has 0 fully saturated rings. The molecule has 0 aliphatic rings. The first-order valence-electron chi connectivity index (χ1n) is 7.15. The van der Waals surface area contributed by atoms with E-state index in [0.717, 1.165) is 4.47 Å². The predicted octanol–water partition coefficient (Wildman–Crippen LogP) is 3.44. The second-order valence-corrected chi connectivity index (χ2v) is 6.03. The van der Waals surface area contributed by atoms with Crippen molar-refractivity contribution in [3.63, 3.8) is 0 Å². The van der Waals surface area contributed by atoms with E-state index < -0.39 is 6.04 Å². The molecule has 1 N–H and O–H groups in total. The summed E-state index contributed by atoms with van der Waals surface area (Å²) in [6.45, 7) is 1.67. The van der Waals surface area contributed by atoms with E-state index in [2.05, 4.69) is 36.7 Å². The quantitative estimate of drug-likeness (QED) is 0.741. The SMILES string of the molecule is C[C@@H](C(=O)Nc1ccc(Br)cc1)n1nnc(-c2ccc(F)cc2)n1. The third-order valence-electron chi connectivity index (χ3n) is 3.37. The lowest BCUT2D eigenvalue weighted by molar-refractivity contribution is -0.119. The van der Waals surface area contributed by atoms with Gasteiger partial charge in [0.2, 0.25) is 5.82 Å². The lowest BCUT2D eigenvalue weighted by atomic mass is 10.2. The molecule has 0 bridgehead atoms. The number of anilines is 1. The molecule has 0 aliphatic heterocycles. The lowest BCUT2D eigenvalue weighted by Crippen LogP contribution is -2.25. The summed E-state index contributed by atoms with van der Waals surface area (Å²) in [7, 11) is 0. The molecule has 0 spiro atoms. The van der Waals surface area contributed by atoms with Gasteiger partial charge in [0.15, 0.2) is 0 Å². The first-order chi connectivity index (χ1) is 11.5. The van der Waals surface area contributed by atoms with Gasteiger partial charge in [-0.25, -0.2) is 4.39 Å². The molecule has 6 nitrogen and oxygen atoms in total. The van der Waals surface area contributed by atoms with E-state index in [1.807, 2.05) is 12.1 Å². The Labute approximate surface area is 145 Å². The third kappa shape index (κ3) is 3.65. The molecule has 0 aliphatic carbocycles. The molecule has 1 atom stereocenters. The smallest absolute Gasteiger partial charge is 0.250 e. The molecule has 0 saturated heterocycles. The zero-order valence-electron chi connectivity index (χ0n) is 12.6. The standard InChI is InChI=1S/C16H13BrFN5O/c1-10(16(24)19-14-8-4-12(17)5-9-14)23-21-15(20-22-23)11-2-6-13(18)7-3-11/h2-10H,1H3,(H,19,24)/t10-/m0/s1. The maximum absolute atomic E-state index is 13.0. The Balaban J connectivity index is 1.73. The van der Waals surface area contributed by atoms with E-state index in [1.54, 1.807) is 31.2 Å². The number of carbonyl (C=O) groups is 1. The molecule has 24 heavy (non-hydrogen) atoms. The summed E-state index contributed by atoms with van der Waals surface area (Å²) in [6.07, 6.45) is 0. The molecule has 1 aromatic heterocycles. The van der Waals surface area contributed by atoms with Crippen LogP contribution in [0.3, 0.4) is 0 Å². The number of hydrogen-bond acceptors (Lipinski definition) is 4. The molecule has 3 aromatic rings. The van der Waals surface area contributed by atoms with Gasteiger partial charge in [0, 0.05) is 15.7 Å². The summed E-state index contributed by atoms with van der Waals surface area (Å²) in [5, 5.41) is 14.8. The largest absolute Gasteiger partial charge is 0.324 e. The Morgan fingerprint density at radius 2 is 1.83 bits per heavy atom. The van der Waals surface area contributed by atoms with E-state index in [-0.39, 0.29) is 11.7 Å². The monoisotopic (exact) mass is 389 g/mol. The Bertz CT molecular complexity index is 848. The van der Waals surface area contributed by atoms with E-state index in [9.17, 15) is 9.18 Å². The molecule has 0 unspecified atom stereocenters. The number of halogens is 2. The number of carbonyl (C=O) groups excluding carboxylic acids is 1. The van der Waals surface area contributed by atoms with Crippen LogP contribution in [0.1, 0.15) is 13.0 Å². The highest BCUT2D eigenvalue weighted by molar-refractivity contribution is 9.10. The fourth-order valence-electron chi connectivity index (χ4n) is 1.99. The van der Waals surface area contributed by atoms with Crippen molar-refractivity contribution in [1.29, 1.82) is 0 Å². The molecule has 2 aromatic carbocycles. The van der Waals surface area contributed by atoms with Crippen LogP contribution in [0.2, 0.25) is 0 Å². The van der Waals surface area contributed by atoms with Crippen LogP contribution in [-0.4, -0.2) is 26.1 Å². The van der Waals surface area contributed by atoms with Crippen LogP contribution in [-0.2, 0) is 4.79 Å². The van der Waals surface area contributed by atoms with Crippen molar-refractivity contribution in [1.82, 2.24) is 20.2 Å². The summed E-state index contributed by atoms with van der Waals surface area (Å²) < 4.78 is 13.9. The Morgan fingerprint density at radius 1 is 1.17 bits per heavy atom. The van der Waals surface area contributed by atoms with Gasteiger partial charge in [-0.05, 0) is 60.7 Å². The highest BCUT2D eigenvalue weighted by Gasteiger charge is 2.19. The third-order valence-corrected chi connectivity index (χ3v) is 3.90. The van der Waals surface area contributed by atoms with E-state index in [0.29, 0.717) is 17.1 Å². The van der Waals surface area contributed by atoms with Gasteiger partial charge < -0.3 is 5.32 Å². The first kappa shape index (κ1) is 16.3. The summed E-state index contributed by atoms with van der Waals surface area (Å²) in [5.41, 5.74) is 1.30. The number of rotatable bonds is 4. The van der Waals surface area contributed by atoms with Gasteiger partial charge in [-0.3, -0.25) is 4.79 Å². The number of amides is 1. The van der Waals surface area contributed by atoms with Gasteiger partial charge in [-0.1, -0.05) is 15.9 Å². The van der Waals surface area contributed by atoms with Crippen LogP contribution in [0.25, 0.3) is 11.4 Å². The zero-order valence-corrected chi connectivity index (χ0v) is 14.2. The highest BCUT2D eigenvalue weighted by atomic mass is 79.9. The Kier molecular flexibility index (Phi) is 4.66. The van der Waals surface area contributed by atoms with Crippen LogP contribution in [0.5, 0.6) is 0 Å². The minimum atomic E-state index is -0.643. The minimum absolute atomic E-state index is 0.264. The van der Waals surface area contributed by atoms with Crippen molar-refractivity contribution in [2.24, 2.45) is 0 Å². The number of hydrogen-bond donors (Lipinski definition) is 1. The van der Waals surface area contributed by atoms with Crippen molar-refractivity contribution in [3.8, 4) is 11.4 Å². The van der Waals surface area contributed by atoms with Gasteiger partial charge in [0.1, 0.15) is 11.9 Å². The fourth-order valence-corrected chi connectivity index (χ4v) is 2.25. The van der Waals surface area contributed by atoms with Crippen molar-refractivity contribution >= 4 is 27.5 Å². The lowest BCUT2D eigenvalue weighted by Gasteiger charge is -2.10. The van der Waals surface area contributed by atoms with E-state index in [4.69, 9.17) is 0 Å². The molecular formula is C16H13BrFN5O. The average Bonchev–Trinajstić information content (AvgIpc) is 3.07. The molecule has 1 heterocycles. The Morgan fingerprint density at radius 3 is 2.50 bits per heavy atom. The van der Waals surface area contributed by atoms with Crippen molar-refractivity contribution in [3.05, 3.63) is 58.8 Å². The second-order valence-electron chi connectivity index (χ2n) is 5.11. The van der Waals surface area contributed by atoms with E-state index in [1.165, 1.54) is 16.9 Å². The van der Waals surface area contributed by atoms with Crippen molar-refractivity contribution in [2.75, 3.05) is 5.32 Å². The number of nitrogens with zero attached hydrogens (tertiary/aromatic N) is 4. The van der Waals surface area contributed by atoms with Gasteiger partial charge in [-0.15, -0.1) is 10.2 Å². The normalized spacial score (nSPS) is 12.0. The molecular weight excluding hydrogens is 377 g/mol. The number of tetrazole rings is 1. The summed E-state index contributed by atoms with van der Waals surface area (Å²) in [5.74, 6) is -0.271. The zero-order chi connectivity index (χ0) is 17.1. The molecule has 122 valence electrons. The maximum atomic E-state index is 13.0.